The number of aryl methyl sites for hydroxylation is 2. The number of H-pyrrole nitrogens is 1. The number of benzene rings is 1. The van der Waals surface area contributed by atoms with Gasteiger partial charge in [0.15, 0.2) is 11.2 Å². The highest BCUT2D eigenvalue weighted by molar-refractivity contribution is 5.71. The highest BCUT2D eigenvalue weighted by Crippen LogP contribution is 2.32. The Morgan fingerprint density at radius 3 is 2.73 bits per heavy atom. The third-order valence-electron chi connectivity index (χ3n) is 5.61. The summed E-state index contributed by atoms with van der Waals surface area (Å²) >= 11 is 0. The fourth-order valence-corrected chi connectivity index (χ4v) is 4.11. The van der Waals surface area contributed by atoms with Gasteiger partial charge in [-0.25, -0.2) is 9.78 Å². The molecule has 0 unspecified atom stereocenters. The van der Waals surface area contributed by atoms with Crippen molar-refractivity contribution in [3.63, 3.8) is 0 Å². The molecule has 10 nitrogen and oxygen atoms in total. The van der Waals surface area contributed by atoms with Gasteiger partial charge in [-0.3, -0.25) is 24.5 Å². The smallest absolute Gasteiger partial charge is 0.330 e. The van der Waals surface area contributed by atoms with Crippen LogP contribution < -0.4 is 16.1 Å². The summed E-state index contributed by atoms with van der Waals surface area (Å²) in [7, 11) is 0. The summed E-state index contributed by atoms with van der Waals surface area (Å²) in [6.45, 7) is 6.18. The standard InChI is InChI=1S/C20H24N6O4/c1-3-5-9-25-18-17(19(27)22-20(25)28)24(4-2)16(21-18)12-23-10-8-13-11-14(26(29)30)6-7-15(13)23/h6-7,11H,3-5,8-10,12H2,1-2H3,(H,22,27,28). The number of hydrogen-bond acceptors (Lipinski definition) is 6. The van der Waals surface area contributed by atoms with Crippen molar-refractivity contribution in [3.8, 4) is 0 Å². The molecule has 30 heavy (non-hydrogen) atoms. The molecule has 0 bridgehead atoms. The molecule has 0 amide bonds. The number of fused-ring (bicyclic) bond motifs is 2. The molecule has 10 heteroatoms. The summed E-state index contributed by atoms with van der Waals surface area (Å²) in [6, 6.07) is 4.89. The largest absolute Gasteiger partial charge is 0.363 e. The molecule has 1 N–H and O–H groups in total. The van der Waals surface area contributed by atoms with Gasteiger partial charge < -0.3 is 9.47 Å². The number of non-ortho nitro benzene ring substituents is 1. The number of nitrogens with one attached hydrogen (secondary N) is 1. The van der Waals surface area contributed by atoms with Crippen LogP contribution >= 0.6 is 0 Å². The summed E-state index contributed by atoms with van der Waals surface area (Å²) in [4.78, 5) is 44.8. The van der Waals surface area contributed by atoms with Crippen molar-refractivity contribution in [2.75, 3.05) is 11.4 Å². The van der Waals surface area contributed by atoms with Crippen LogP contribution in [0.5, 0.6) is 0 Å². The number of nitro benzene ring substituents is 1. The van der Waals surface area contributed by atoms with Crippen LogP contribution in [-0.4, -0.2) is 30.6 Å². The highest BCUT2D eigenvalue weighted by Gasteiger charge is 2.25. The SMILES string of the molecule is CCCCn1c(=O)[nH]c(=O)c2c1nc(CN1CCc3cc([N+](=O)[O-])ccc31)n2CC. The van der Waals surface area contributed by atoms with Gasteiger partial charge in [0.05, 0.1) is 11.5 Å². The summed E-state index contributed by atoms with van der Waals surface area (Å²) < 4.78 is 3.39. The van der Waals surface area contributed by atoms with Gasteiger partial charge in [-0.1, -0.05) is 13.3 Å². The molecule has 1 aliphatic heterocycles. The Morgan fingerprint density at radius 1 is 1.23 bits per heavy atom. The molecule has 0 saturated carbocycles. The molecule has 0 spiro atoms. The van der Waals surface area contributed by atoms with E-state index in [4.69, 9.17) is 4.98 Å². The number of unbranched alkanes of at least 4 members (excludes halogenated alkanes) is 1. The molecule has 0 fully saturated rings. The zero-order valence-electron chi connectivity index (χ0n) is 17.1. The quantitative estimate of drug-likeness (QED) is 0.469. The van der Waals surface area contributed by atoms with Crippen molar-refractivity contribution in [3.05, 3.63) is 60.5 Å². The first-order valence-corrected chi connectivity index (χ1v) is 10.2. The molecule has 0 atom stereocenters. The van der Waals surface area contributed by atoms with E-state index in [1.165, 1.54) is 10.6 Å². The molecular weight excluding hydrogens is 388 g/mol. The lowest BCUT2D eigenvalue weighted by molar-refractivity contribution is -0.384. The fourth-order valence-electron chi connectivity index (χ4n) is 4.11. The number of rotatable bonds is 7. The Labute approximate surface area is 171 Å². The Hall–Kier alpha value is -3.43. The molecule has 0 radical (unpaired) electrons. The van der Waals surface area contributed by atoms with E-state index < -0.39 is 11.2 Å². The van der Waals surface area contributed by atoms with E-state index in [2.05, 4.69) is 9.88 Å². The van der Waals surface area contributed by atoms with Crippen LogP contribution in [0.2, 0.25) is 0 Å². The highest BCUT2D eigenvalue weighted by atomic mass is 16.6. The van der Waals surface area contributed by atoms with Crippen molar-refractivity contribution in [1.82, 2.24) is 19.1 Å². The van der Waals surface area contributed by atoms with E-state index in [1.807, 2.05) is 18.4 Å². The first-order valence-electron chi connectivity index (χ1n) is 10.2. The average Bonchev–Trinajstić information content (AvgIpc) is 3.29. The molecule has 0 saturated heterocycles. The number of nitrogens with zero attached hydrogens (tertiary/aromatic N) is 5. The minimum Gasteiger partial charge on any atom is -0.363 e. The van der Waals surface area contributed by atoms with E-state index in [1.54, 1.807) is 12.1 Å². The van der Waals surface area contributed by atoms with E-state index >= 15 is 0 Å². The number of aromatic amines is 1. The minimum atomic E-state index is -0.438. The second-order valence-corrected chi connectivity index (χ2v) is 7.45. The van der Waals surface area contributed by atoms with Gasteiger partial charge in [-0.15, -0.1) is 0 Å². The van der Waals surface area contributed by atoms with E-state index in [9.17, 15) is 19.7 Å². The Balaban J connectivity index is 1.76. The second kappa shape index (κ2) is 7.77. The zero-order valence-corrected chi connectivity index (χ0v) is 17.1. The van der Waals surface area contributed by atoms with E-state index in [0.717, 1.165) is 24.1 Å². The predicted octanol–water partition coefficient (Wildman–Crippen LogP) is 2.18. The van der Waals surface area contributed by atoms with Crippen LogP contribution in [-0.2, 0) is 26.1 Å². The van der Waals surface area contributed by atoms with Crippen molar-refractivity contribution in [2.45, 2.75) is 52.7 Å². The average molecular weight is 412 g/mol. The Bertz CT molecular complexity index is 1240. The Morgan fingerprint density at radius 2 is 2.03 bits per heavy atom. The summed E-state index contributed by atoms with van der Waals surface area (Å²) in [5.41, 5.74) is 1.91. The Kier molecular flexibility index (Phi) is 5.15. The predicted molar refractivity (Wildman–Crippen MR) is 113 cm³/mol. The van der Waals surface area contributed by atoms with E-state index in [-0.39, 0.29) is 10.6 Å². The van der Waals surface area contributed by atoms with Gasteiger partial charge in [0.25, 0.3) is 11.2 Å². The molecule has 2 aromatic heterocycles. The van der Waals surface area contributed by atoms with Crippen LogP contribution in [0.1, 0.15) is 38.1 Å². The lowest BCUT2D eigenvalue weighted by Gasteiger charge is -2.19. The normalized spacial score (nSPS) is 13.2. The number of nitro groups is 1. The first kappa shape index (κ1) is 19.9. The van der Waals surface area contributed by atoms with Gasteiger partial charge in [-0.05, 0) is 31.4 Å². The van der Waals surface area contributed by atoms with Gasteiger partial charge >= 0.3 is 5.69 Å². The molecule has 4 rings (SSSR count). The number of anilines is 1. The third-order valence-corrected chi connectivity index (χ3v) is 5.61. The van der Waals surface area contributed by atoms with Gasteiger partial charge in [-0.2, -0.15) is 0 Å². The van der Waals surface area contributed by atoms with Crippen LogP contribution in [0, 0.1) is 10.1 Å². The van der Waals surface area contributed by atoms with Crippen LogP contribution in [0.15, 0.2) is 27.8 Å². The van der Waals surface area contributed by atoms with Crippen molar-refractivity contribution in [1.29, 1.82) is 0 Å². The topological polar surface area (TPSA) is 119 Å². The maximum atomic E-state index is 12.5. The monoisotopic (exact) mass is 412 g/mol. The molecule has 1 aromatic carbocycles. The summed E-state index contributed by atoms with van der Waals surface area (Å²) in [5.74, 6) is 0.694. The first-order chi connectivity index (χ1) is 14.4. The van der Waals surface area contributed by atoms with Crippen molar-refractivity contribution in [2.24, 2.45) is 0 Å². The number of hydrogen-bond donors (Lipinski definition) is 1. The van der Waals surface area contributed by atoms with Crippen molar-refractivity contribution < 1.29 is 4.92 Å². The second-order valence-electron chi connectivity index (χ2n) is 7.45. The van der Waals surface area contributed by atoms with Gasteiger partial charge in [0.1, 0.15) is 5.82 Å². The van der Waals surface area contributed by atoms with Crippen LogP contribution in [0.25, 0.3) is 11.2 Å². The van der Waals surface area contributed by atoms with Crippen LogP contribution in [0.3, 0.4) is 0 Å². The third kappa shape index (κ3) is 3.27. The summed E-state index contributed by atoms with van der Waals surface area (Å²) in [6.07, 6.45) is 2.45. The van der Waals surface area contributed by atoms with Gasteiger partial charge in [0, 0.05) is 37.5 Å². The van der Waals surface area contributed by atoms with E-state index in [0.29, 0.717) is 49.6 Å². The van der Waals surface area contributed by atoms with Gasteiger partial charge in [0.2, 0.25) is 0 Å². The molecule has 0 aliphatic carbocycles. The van der Waals surface area contributed by atoms with Crippen molar-refractivity contribution >= 4 is 22.5 Å². The lowest BCUT2D eigenvalue weighted by atomic mass is 10.1. The molecule has 3 heterocycles. The molecule has 3 aromatic rings. The zero-order chi connectivity index (χ0) is 21.4. The number of imidazole rings is 1. The summed E-state index contributed by atoms with van der Waals surface area (Å²) in [5, 5.41) is 11.0. The maximum Gasteiger partial charge on any atom is 0.330 e. The van der Waals surface area contributed by atoms with Crippen LogP contribution in [0.4, 0.5) is 11.4 Å². The molecule has 158 valence electrons. The maximum absolute atomic E-state index is 12.5. The number of aromatic nitrogens is 4. The molecular formula is C20H24N6O4. The minimum absolute atomic E-state index is 0.0860. The fraction of sp³-hybridized carbons (Fsp3) is 0.450. The molecule has 1 aliphatic rings. The lowest BCUT2D eigenvalue weighted by Crippen LogP contribution is -2.31.